The Balaban J connectivity index is -0.0000000546. The van der Waals surface area contributed by atoms with E-state index >= 15 is 0 Å². The van der Waals surface area contributed by atoms with E-state index in [2.05, 4.69) is 0 Å². The van der Waals surface area contributed by atoms with Crippen LogP contribution in [0.5, 0.6) is 0 Å². The van der Waals surface area contributed by atoms with Gasteiger partial charge in [0.2, 0.25) is 0 Å². The summed E-state index contributed by atoms with van der Waals surface area (Å²) in [5.41, 5.74) is 0. The first-order valence-corrected chi connectivity index (χ1v) is 3.90. The number of aliphatic carboxylic acids is 1. The summed E-state index contributed by atoms with van der Waals surface area (Å²) in [5.74, 6) is -1.19. The molecule has 0 aromatic rings. The van der Waals surface area contributed by atoms with Gasteiger partial charge in [-0.1, -0.05) is 0 Å². The number of aliphatic hydroxyl groups excluding tert-OH is 1. The van der Waals surface area contributed by atoms with Crippen LogP contribution in [-0.2, 0) is 9.36 Å². The number of aliphatic hydroxyl groups is 1. The number of carboxylic acids is 1. The third kappa shape index (κ3) is 46.5. The topological polar surface area (TPSA) is 135 Å². The van der Waals surface area contributed by atoms with E-state index in [1.165, 1.54) is 6.92 Å². The summed E-state index contributed by atoms with van der Waals surface area (Å²) >= 11 is 0. The molecule has 12 heavy (non-hydrogen) atoms. The smallest absolute Gasteiger partial charge is 1.00 e. The van der Waals surface area contributed by atoms with Gasteiger partial charge in [0.15, 0.2) is 0 Å². The minimum Gasteiger partial charge on any atom is -1.00 e. The number of rotatable bonds is 1. The first-order chi connectivity index (χ1) is 4.64. The number of hydrogen-bond acceptors (Lipinski definition) is 3. The van der Waals surface area contributed by atoms with Crippen LogP contribution >= 0.6 is 7.82 Å². The van der Waals surface area contributed by atoms with Gasteiger partial charge < -0.3 is 26.3 Å². The van der Waals surface area contributed by atoms with Crippen LogP contribution in [0.4, 0.5) is 0 Å². The fourth-order valence-electron chi connectivity index (χ4n) is 0. The second kappa shape index (κ2) is 8.15. The van der Waals surface area contributed by atoms with Crippen LogP contribution in [0.1, 0.15) is 8.35 Å². The molecule has 0 fully saturated rings. The van der Waals surface area contributed by atoms with Crippen LogP contribution < -0.4 is 29.6 Å². The van der Waals surface area contributed by atoms with Crippen molar-refractivity contribution in [3.8, 4) is 0 Å². The Bertz CT molecular complexity index is 159. The molecule has 7 nitrogen and oxygen atoms in total. The van der Waals surface area contributed by atoms with Crippen LogP contribution in [0.3, 0.4) is 0 Å². The number of hydrogen-bond donors (Lipinski definition) is 5. The van der Waals surface area contributed by atoms with Gasteiger partial charge in [0.25, 0.3) is 0 Å². The Hall–Kier alpha value is 0.540. The van der Waals surface area contributed by atoms with Gasteiger partial charge >= 0.3 is 43.3 Å². The number of carbonyl (C=O) groups is 1. The molecule has 0 aliphatic carbocycles. The van der Waals surface area contributed by atoms with Crippen molar-refractivity contribution in [2.75, 3.05) is 0 Å². The number of phosphoric acid groups is 1. The quantitative estimate of drug-likeness (QED) is 0.219. The summed E-state index contributed by atoms with van der Waals surface area (Å²) in [6.07, 6.45) is -1.23. The normalized spacial score (nSPS) is 11.8. The Morgan fingerprint density at radius 1 is 1.42 bits per heavy atom. The third-order valence-electron chi connectivity index (χ3n) is 0.357. The van der Waals surface area contributed by atoms with Gasteiger partial charge in [-0.3, -0.25) is 0 Å². The average Bonchev–Trinajstić information content (AvgIpc) is 1.59. The predicted octanol–water partition coefficient (Wildman–Crippen LogP) is -4.36. The van der Waals surface area contributed by atoms with Crippen LogP contribution in [0, 0.1) is 0 Å². The van der Waals surface area contributed by atoms with E-state index in [9.17, 15) is 4.79 Å². The van der Waals surface area contributed by atoms with E-state index in [0.29, 0.717) is 0 Å². The molecule has 0 saturated carbocycles. The van der Waals surface area contributed by atoms with Crippen LogP contribution in [0.15, 0.2) is 0 Å². The van der Waals surface area contributed by atoms with Gasteiger partial charge in [0.05, 0.1) is 0 Å². The summed E-state index contributed by atoms with van der Waals surface area (Å²) in [7, 11) is -4.64. The van der Waals surface area contributed by atoms with Crippen molar-refractivity contribution in [2.24, 2.45) is 0 Å². The van der Waals surface area contributed by atoms with Gasteiger partial charge in [0, 0.05) is 0 Å². The van der Waals surface area contributed by atoms with Crippen LogP contribution in [-0.4, -0.2) is 37.0 Å². The van der Waals surface area contributed by atoms with E-state index in [4.69, 9.17) is 29.5 Å². The summed E-state index contributed by atoms with van der Waals surface area (Å²) in [4.78, 5) is 31.0. The SMILES string of the molecule is CC(O)C(=O)O.O=P(O)(O)O.[H-].[Na+]. The van der Waals surface area contributed by atoms with Gasteiger partial charge in [0.1, 0.15) is 6.10 Å². The molecule has 0 bridgehead atoms. The molecule has 0 spiro atoms. The molecular formula is C3H10NaO7P. The standard InChI is InChI=1S/C3H6O3.Na.H3O4P.H/c1-2(4)3(5)6;;1-5(2,3)4;/h2,4H,1H3,(H,5,6);;(H3,1,2,3,4);/q;+1;;-1. The molecule has 0 rings (SSSR count). The first-order valence-electron chi connectivity index (χ1n) is 2.33. The largest absolute Gasteiger partial charge is 1.00 e. The molecule has 5 N–H and O–H groups in total. The van der Waals surface area contributed by atoms with E-state index in [1.807, 2.05) is 0 Å². The number of carboxylic acid groups (broad SMARTS) is 1. The first kappa shape index (κ1) is 18.3. The zero-order valence-electron chi connectivity index (χ0n) is 7.58. The summed E-state index contributed by atoms with van der Waals surface area (Å²) in [6, 6.07) is 0. The Morgan fingerprint density at radius 2 is 1.50 bits per heavy atom. The maximum atomic E-state index is 9.45. The van der Waals surface area contributed by atoms with E-state index in [0.717, 1.165) is 0 Å². The average molecular weight is 212 g/mol. The third-order valence-corrected chi connectivity index (χ3v) is 0.357. The molecule has 0 saturated heterocycles. The van der Waals surface area contributed by atoms with Crippen LogP contribution in [0.2, 0.25) is 0 Å². The molecule has 0 aliphatic rings. The Labute approximate surface area is 92.1 Å². The van der Waals surface area contributed by atoms with Crippen molar-refractivity contribution in [2.45, 2.75) is 13.0 Å². The predicted molar refractivity (Wildman–Crippen MR) is 34.7 cm³/mol. The fraction of sp³-hybridized carbons (Fsp3) is 0.667. The maximum absolute atomic E-state index is 9.45. The molecule has 70 valence electrons. The maximum Gasteiger partial charge on any atom is 1.00 e. The van der Waals surface area contributed by atoms with E-state index < -0.39 is 19.9 Å². The molecule has 1 unspecified atom stereocenters. The molecule has 9 heteroatoms. The molecule has 0 amide bonds. The molecule has 0 aliphatic heterocycles. The Morgan fingerprint density at radius 3 is 1.50 bits per heavy atom. The van der Waals surface area contributed by atoms with Crippen molar-refractivity contribution in [3.05, 3.63) is 0 Å². The molecule has 0 aromatic heterocycles. The molecule has 0 aromatic carbocycles. The molecule has 1 atom stereocenters. The van der Waals surface area contributed by atoms with Crippen molar-refractivity contribution >= 4 is 13.8 Å². The zero-order valence-corrected chi connectivity index (χ0v) is 9.47. The minimum atomic E-state index is -4.64. The van der Waals surface area contributed by atoms with Gasteiger partial charge in [-0.2, -0.15) is 0 Å². The monoisotopic (exact) mass is 212 g/mol. The fourth-order valence-corrected chi connectivity index (χ4v) is 0. The Kier molecular flexibility index (Phi) is 12.5. The van der Waals surface area contributed by atoms with Crippen molar-refractivity contribution in [1.29, 1.82) is 0 Å². The molecule has 0 heterocycles. The van der Waals surface area contributed by atoms with Gasteiger partial charge in [-0.15, -0.1) is 0 Å². The van der Waals surface area contributed by atoms with Gasteiger partial charge in [-0.05, 0) is 6.92 Å². The van der Waals surface area contributed by atoms with E-state index in [-0.39, 0.29) is 31.0 Å². The summed E-state index contributed by atoms with van der Waals surface area (Å²) < 4.78 is 8.88. The van der Waals surface area contributed by atoms with Crippen LogP contribution in [0.25, 0.3) is 0 Å². The van der Waals surface area contributed by atoms with Crippen molar-refractivity contribution in [1.82, 2.24) is 0 Å². The van der Waals surface area contributed by atoms with Gasteiger partial charge in [-0.25, -0.2) is 9.36 Å². The molecular weight excluding hydrogens is 202 g/mol. The zero-order chi connectivity index (χ0) is 9.65. The summed E-state index contributed by atoms with van der Waals surface area (Å²) in [6.45, 7) is 1.20. The van der Waals surface area contributed by atoms with Crippen molar-refractivity contribution in [3.63, 3.8) is 0 Å². The second-order valence-corrected chi connectivity index (χ2v) is 2.55. The van der Waals surface area contributed by atoms with E-state index in [1.54, 1.807) is 0 Å². The minimum absolute atomic E-state index is 0. The van der Waals surface area contributed by atoms with Crippen molar-refractivity contribution < 1.29 is 65.2 Å². The molecule has 0 radical (unpaired) electrons. The summed E-state index contributed by atoms with van der Waals surface area (Å²) in [5, 5.41) is 15.8. The second-order valence-electron chi connectivity index (χ2n) is 1.53.